The Kier molecular flexibility index (Phi) is 3.04. The topological polar surface area (TPSA) is 65.4 Å². The standard InChI is InChI=1S/C10H11NO4/c1-6(12)9(13)8-4-7(5-11(8)2)10(14)15-3/h4-5H,1-3H3. The molecule has 1 heterocycles. The van der Waals surface area contributed by atoms with Gasteiger partial charge in [-0.3, -0.25) is 9.59 Å². The van der Waals surface area contributed by atoms with E-state index in [1.54, 1.807) is 7.05 Å². The number of nitrogens with zero attached hydrogens (tertiary/aromatic N) is 1. The Bertz CT molecular complexity index is 431. The molecule has 0 radical (unpaired) electrons. The summed E-state index contributed by atoms with van der Waals surface area (Å²) in [4.78, 5) is 33.4. The van der Waals surface area contributed by atoms with E-state index < -0.39 is 17.5 Å². The lowest BCUT2D eigenvalue weighted by atomic mass is 10.2. The number of aromatic nitrogens is 1. The van der Waals surface area contributed by atoms with Gasteiger partial charge in [0.2, 0.25) is 11.6 Å². The largest absolute Gasteiger partial charge is 0.465 e. The number of carbonyl (C=O) groups excluding carboxylic acids is 3. The normalized spacial score (nSPS) is 9.80. The van der Waals surface area contributed by atoms with Crippen LogP contribution in [0.25, 0.3) is 0 Å². The highest BCUT2D eigenvalue weighted by molar-refractivity contribution is 6.42. The molecule has 0 aromatic carbocycles. The lowest BCUT2D eigenvalue weighted by Gasteiger charge is -1.96. The monoisotopic (exact) mass is 209 g/mol. The molecule has 1 rings (SSSR count). The molecule has 0 aliphatic heterocycles. The molecule has 80 valence electrons. The summed E-state index contributed by atoms with van der Waals surface area (Å²) in [5, 5.41) is 0. The zero-order valence-electron chi connectivity index (χ0n) is 8.73. The van der Waals surface area contributed by atoms with Crippen LogP contribution in [0.3, 0.4) is 0 Å². The lowest BCUT2D eigenvalue weighted by molar-refractivity contribution is -0.113. The fourth-order valence-electron chi connectivity index (χ4n) is 1.20. The molecule has 1 aromatic heterocycles. The molecule has 0 fully saturated rings. The Morgan fingerprint density at radius 3 is 2.40 bits per heavy atom. The van der Waals surface area contributed by atoms with Gasteiger partial charge in [0, 0.05) is 20.2 Å². The minimum Gasteiger partial charge on any atom is -0.465 e. The van der Waals surface area contributed by atoms with Gasteiger partial charge >= 0.3 is 5.97 Å². The molecular weight excluding hydrogens is 198 g/mol. The summed E-state index contributed by atoms with van der Waals surface area (Å²) in [6.45, 7) is 1.19. The summed E-state index contributed by atoms with van der Waals surface area (Å²) in [6, 6.07) is 1.34. The molecule has 0 saturated heterocycles. The summed E-state index contributed by atoms with van der Waals surface area (Å²) in [5.74, 6) is -1.71. The fraction of sp³-hybridized carbons (Fsp3) is 0.300. The number of rotatable bonds is 3. The molecule has 0 aliphatic carbocycles. The molecule has 5 heteroatoms. The molecule has 0 spiro atoms. The molecule has 0 bridgehead atoms. The second kappa shape index (κ2) is 4.08. The highest BCUT2D eigenvalue weighted by Crippen LogP contribution is 2.09. The number of Topliss-reactive ketones (excluding diaryl/α,β-unsaturated/α-hetero) is 2. The number of ether oxygens (including phenoxy) is 1. The zero-order chi connectivity index (χ0) is 11.6. The van der Waals surface area contributed by atoms with Crippen LogP contribution in [0.5, 0.6) is 0 Å². The predicted octanol–water partition coefficient (Wildman–Crippen LogP) is 0.583. The van der Waals surface area contributed by atoms with Crippen molar-refractivity contribution in [1.82, 2.24) is 4.57 Å². The van der Waals surface area contributed by atoms with Crippen molar-refractivity contribution in [2.24, 2.45) is 7.05 Å². The second-order valence-corrected chi connectivity index (χ2v) is 3.10. The quantitative estimate of drug-likeness (QED) is 0.415. The zero-order valence-corrected chi connectivity index (χ0v) is 8.73. The van der Waals surface area contributed by atoms with Crippen LogP contribution in [0.1, 0.15) is 27.8 Å². The van der Waals surface area contributed by atoms with Crippen LogP contribution in [-0.4, -0.2) is 29.2 Å². The predicted molar refractivity (Wildman–Crippen MR) is 51.8 cm³/mol. The van der Waals surface area contributed by atoms with Crippen LogP contribution < -0.4 is 0 Å². The summed E-state index contributed by atoms with van der Waals surface area (Å²) < 4.78 is 5.92. The minimum absolute atomic E-state index is 0.183. The van der Waals surface area contributed by atoms with Crippen LogP contribution in [0.4, 0.5) is 0 Å². The Labute approximate surface area is 86.6 Å². The molecule has 5 nitrogen and oxygen atoms in total. The van der Waals surface area contributed by atoms with E-state index in [9.17, 15) is 14.4 Å². The van der Waals surface area contributed by atoms with Crippen molar-refractivity contribution >= 4 is 17.5 Å². The molecular formula is C10H11NO4. The van der Waals surface area contributed by atoms with E-state index in [4.69, 9.17) is 0 Å². The lowest BCUT2D eigenvalue weighted by Crippen LogP contribution is -2.13. The molecule has 0 atom stereocenters. The number of methoxy groups -OCH3 is 1. The highest BCUT2D eigenvalue weighted by Gasteiger charge is 2.18. The van der Waals surface area contributed by atoms with Crippen LogP contribution >= 0.6 is 0 Å². The van der Waals surface area contributed by atoms with Crippen molar-refractivity contribution in [3.05, 3.63) is 23.5 Å². The van der Waals surface area contributed by atoms with Gasteiger partial charge in [0.25, 0.3) is 0 Å². The molecule has 1 aromatic rings. The number of hydrogen-bond acceptors (Lipinski definition) is 4. The first-order valence-corrected chi connectivity index (χ1v) is 4.27. The number of esters is 1. The van der Waals surface area contributed by atoms with Crippen LogP contribution in [0, 0.1) is 0 Å². The SMILES string of the molecule is COC(=O)c1cc(C(=O)C(C)=O)n(C)c1. The molecule has 0 saturated carbocycles. The van der Waals surface area contributed by atoms with Crippen molar-refractivity contribution in [3.63, 3.8) is 0 Å². The average molecular weight is 209 g/mol. The van der Waals surface area contributed by atoms with Crippen molar-refractivity contribution in [2.45, 2.75) is 6.92 Å². The molecule has 0 unspecified atom stereocenters. The van der Waals surface area contributed by atoms with Gasteiger partial charge in [-0.25, -0.2) is 4.79 Å². The van der Waals surface area contributed by atoms with Gasteiger partial charge in [0.05, 0.1) is 18.4 Å². The van der Waals surface area contributed by atoms with Crippen LogP contribution in [-0.2, 0) is 16.6 Å². The number of carbonyl (C=O) groups is 3. The van der Waals surface area contributed by atoms with Gasteiger partial charge in [-0.15, -0.1) is 0 Å². The summed E-state index contributed by atoms with van der Waals surface area (Å²) in [7, 11) is 2.84. The number of hydrogen-bond donors (Lipinski definition) is 0. The van der Waals surface area contributed by atoms with E-state index in [1.807, 2.05) is 0 Å². The molecule has 0 aliphatic rings. The van der Waals surface area contributed by atoms with E-state index in [1.165, 1.54) is 30.9 Å². The summed E-state index contributed by atoms with van der Waals surface area (Å²) >= 11 is 0. The van der Waals surface area contributed by atoms with Gasteiger partial charge in [0.15, 0.2) is 0 Å². The third-order valence-corrected chi connectivity index (χ3v) is 1.98. The third kappa shape index (κ3) is 2.12. The van der Waals surface area contributed by atoms with Gasteiger partial charge in [-0.05, 0) is 6.07 Å². The van der Waals surface area contributed by atoms with E-state index in [0.717, 1.165) is 0 Å². The van der Waals surface area contributed by atoms with Crippen molar-refractivity contribution < 1.29 is 19.1 Å². The highest BCUT2D eigenvalue weighted by atomic mass is 16.5. The maximum absolute atomic E-state index is 11.4. The maximum atomic E-state index is 11.4. The first-order valence-electron chi connectivity index (χ1n) is 4.27. The Hall–Kier alpha value is -1.91. The van der Waals surface area contributed by atoms with E-state index >= 15 is 0 Å². The first kappa shape index (κ1) is 11.2. The summed E-state index contributed by atoms with van der Waals surface area (Å²) in [6.07, 6.45) is 1.45. The van der Waals surface area contributed by atoms with E-state index in [0.29, 0.717) is 0 Å². The van der Waals surface area contributed by atoms with Crippen LogP contribution in [0.15, 0.2) is 12.3 Å². The second-order valence-electron chi connectivity index (χ2n) is 3.10. The molecule has 0 N–H and O–H groups in total. The average Bonchev–Trinajstić information content (AvgIpc) is 2.57. The van der Waals surface area contributed by atoms with E-state index in [2.05, 4.69) is 4.74 Å². The number of ketones is 2. The molecule has 15 heavy (non-hydrogen) atoms. The van der Waals surface area contributed by atoms with Crippen molar-refractivity contribution in [2.75, 3.05) is 7.11 Å². The van der Waals surface area contributed by atoms with E-state index in [-0.39, 0.29) is 11.3 Å². The smallest absolute Gasteiger partial charge is 0.339 e. The van der Waals surface area contributed by atoms with Gasteiger partial charge in [-0.1, -0.05) is 0 Å². The first-order chi connectivity index (χ1) is 6.97. The van der Waals surface area contributed by atoms with Crippen molar-refractivity contribution in [3.8, 4) is 0 Å². The minimum atomic E-state index is -0.618. The Balaban J connectivity index is 3.12. The third-order valence-electron chi connectivity index (χ3n) is 1.98. The number of aryl methyl sites for hydroxylation is 1. The maximum Gasteiger partial charge on any atom is 0.339 e. The Morgan fingerprint density at radius 2 is 1.93 bits per heavy atom. The summed E-state index contributed by atoms with van der Waals surface area (Å²) in [5.41, 5.74) is 0.438. The van der Waals surface area contributed by atoms with Gasteiger partial charge in [-0.2, -0.15) is 0 Å². The van der Waals surface area contributed by atoms with Crippen LogP contribution in [0.2, 0.25) is 0 Å². The van der Waals surface area contributed by atoms with Gasteiger partial charge < -0.3 is 9.30 Å². The fourth-order valence-corrected chi connectivity index (χ4v) is 1.20. The van der Waals surface area contributed by atoms with Crippen molar-refractivity contribution in [1.29, 1.82) is 0 Å². The van der Waals surface area contributed by atoms with Gasteiger partial charge in [0.1, 0.15) is 0 Å². The molecule has 0 amide bonds. The Morgan fingerprint density at radius 1 is 1.33 bits per heavy atom.